The fourth-order valence-electron chi connectivity index (χ4n) is 1.49. The molecule has 2 aromatic rings. The Balaban J connectivity index is 2.86. The summed E-state index contributed by atoms with van der Waals surface area (Å²) >= 11 is 3.69. The van der Waals surface area contributed by atoms with Gasteiger partial charge in [-0.1, -0.05) is 0 Å². The van der Waals surface area contributed by atoms with Crippen LogP contribution in [0.15, 0.2) is 27.4 Å². The van der Waals surface area contributed by atoms with E-state index in [0.717, 1.165) is 10.9 Å². The molecule has 0 aliphatic rings. The van der Waals surface area contributed by atoms with Gasteiger partial charge in [-0.15, -0.1) is 0 Å². The summed E-state index contributed by atoms with van der Waals surface area (Å²) in [7, 11) is 0. The van der Waals surface area contributed by atoms with Crippen LogP contribution in [0.1, 0.15) is 11.1 Å². The summed E-state index contributed by atoms with van der Waals surface area (Å²) in [5, 5.41) is 0.918. The largest absolute Gasteiger partial charge is 0.429 e. The van der Waals surface area contributed by atoms with Gasteiger partial charge in [0.15, 0.2) is 0 Å². The molecule has 4 heteroatoms. The fourth-order valence-corrected chi connectivity index (χ4v) is 1.60. The number of fused-ring (bicyclic) bond motifs is 1. The molecular weight excluding hydrogens is 212 g/mol. The molecule has 0 unspecified atom stereocenters. The van der Waals surface area contributed by atoms with E-state index in [9.17, 15) is 4.79 Å². The summed E-state index contributed by atoms with van der Waals surface area (Å²) in [5.74, 6) is 0.553. The molecule has 0 saturated heterocycles. The molecule has 2 rings (SSSR count). The first-order valence-corrected chi connectivity index (χ1v) is 4.85. The summed E-state index contributed by atoms with van der Waals surface area (Å²) in [4.78, 5) is 11.4. The van der Waals surface area contributed by atoms with E-state index in [1.807, 2.05) is 13.0 Å². The van der Waals surface area contributed by atoms with Crippen LogP contribution in [0.3, 0.4) is 0 Å². The van der Waals surface area contributed by atoms with E-state index in [-0.39, 0.29) is 5.63 Å². The van der Waals surface area contributed by atoms with Gasteiger partial charge in [0.2, 0.25) is 0 Å². The molecule has 0 amide bonds. The highest BCUT2D eigenvalue weighted by Gasteiger charge is 2.07. The van der Waals surface area contributed by atoms with Crippen molar-refractivity contribution < 1.29 is 8.60 Å². The van der Waals surface area contributed by atoms with Gasteiger partial charge in [-0.25, -0.2) is 4.79 Å². The predicted octanol–water partition coefficient (Wildman–Crippen LogP) is 2.63. The van der Waals surface area contributed by atoms with Crippen molar-refractivity contribution in [3.63, 3.8) is 0 Å². The van der Waals surface area contributed by atoms with Crippen LogP contribution in [0.5, 0.6) is 5.75 Å². The van der Waals surface area contributed by atoms with Gasteiger partial charge in [0.25, 0.3) is 0 Å². The molecule has 1 heterocycles. The van der Waals surface area contributed by atoms with E-state index >= 15 is 0 Å². The maximum Gasteiger partial charge on any atom is 0.339 e. The normalized spacial score (nSPS) is 10.6. The first-order valence-electron chi connectivity index (χ1n) is 4.49. The number of hydrogen-bond donors (Lipinski definition) is 1. The van der Waals surface area contributed by atoms with Gasteiger partial charge in [0.05, 0.1) is 0 Å². The lowest BCUT2D eigenvalue weighted by Gasteiger charge is -2.04. The molecule has 3 nitrogen and oxygen atoms in total. The Kier molecular flexibility index (Phi) is 2.44. The molecule has 15 heavy (non-hydrogen) atoms. The number of hydrogen-bond acceptors (Lipinski definition) is 4. The first-order chi connectivity index (χ1) is 7.13. The van der Waals surface area contributed by atoms with Crippen molar-refractivity contribution in [2.75, 3.05) is 0 Å². The van der Waals surface area contributed by atoms with Crippen LogP contribution in [0.2, 0.25) is 0 Å². The van der Waals surface area contributed by atoms with Crippen LogP contribution in [0.25, 0.3) is 11.0 Å². The molecule has 1 aromatic heterocycles. The Morgan fingerprint density at radius 1 is 1.27 bits per heavy atom. The maximum atomic E-state index is 11.4. The van der Waals surface area contributed by atoms with Crippen LogP contribution in [-0.2, 0) is 0 Å². The second kappa shape index (κ2) is 3.62. The lowest BCUT2D eigenvalue weighted by Crippen LogP contribution is -2.05. The van der Waals surface area contributed by atoms with Crippen LogP contribution in [0.4, 0.5) is 0 Å². The monoisotopic (exact) mass is 222 g/mol. The minimum Gasteiger partial charge on any atom is -0.429 e. The molecule has 1 aromatic carbocycles. The van der Waals surface area contributed by atoms with Gasteiger partial charge in [-0.2, -0.15) is 0 Å². The molecule has 0 N–H and O–H groups in total. The van der Waals surface area contributed by atoms with E-state index in [1.165, 1.54) is 0 Å². The van der Waals surface area contributed by atoms with Crippen molar-refractivity contribution in [1.82, 2.24) is 0 Å². The van der Waals surface area contributed by atoms with Crippen molar-refractivity contribution in [1.29, 1.82) is 0 Å². The third-order valence-electron chi connectivity index (χ3n) is 2.53. The SMILES string of the molecule is Cc1c(C)c2ccc(OS)cc2oc1=O. The lowest BCUT2D eigenvalue weighted by molar-refractivity contribution is 0.551. The lowest BCUT2D eigenvalue weighted by atomic mass is 10.1. The molecule has 0 saturated carbocycles. The first kappa shape index (κ1) is 10.1. The zero-order valence-electron chi connectivity index (χ0n) is 8.40. The Labute approximate surface area is 92.3 Å². The topological polar surface area (TPSA) is 39.4 Å². The molecule has 0 aliphatic heterocycles. The predicted molar refractivity (Wildman–Crippen MR) is 61.6 cm³/mol. The van der Waals surface area contributed by atoms with Gasteiger partial charge in [0, 0.05) is 29.9 Å². The molecule has 0 aliphatic carbocycles. The van der Waals surface area contributed by atoms with E-state index in [2.05, 4.69) is 12.9 Å². The van der Waals surface area contributed by atoms with Crippen molar-refractivity contribution in [3.05, 3.63) is 39.7 Å². The van der Waals surface area contributed by atoms with E-state index < -0.39 is 0 Å². The van der Waals surface area contributed by atoms with Crippen LogP contribution in [-0.4, -0.2) is 0 Å². The maximum absolute atomic E-state index is 11.4. The molecule has 0 bridgehead atoms. The minimum atomic E-state index is -0.309. The molecule has 0 spiro atoms. The quantitative estimate of drug-likeness (QED) is 0.458. The third kappa shape index (κ3) is 1.61. The van der Waals surface area contributed by atoms with Crippen molar-refractivity contribution >= 4 is 23.9 Å². The summed E-state index contributed by atoms with van der Waals surface area (Å²) in [6.07, 6.45) is 0. The van der Waals surface area contributed by atoms with Crippen molar-refractivity contribution in [3.8, 4) is 5.75 Å². The van der Waals surface area contributed by atoms with Crippen LogP contribution < -0.4 is 9.81 Å². The fraction of sp³-hybridized carbons (Fsp3) is 0.182. The van der Waals surface area contributed by atoms with Gasteiger partial charge in [-0.3, -0.25) is 0 Å². The third-order valence-corrected chi connectivity index (χ3v) is 2.74. The van der Waals surface area contributed by atoms with E-state index in [0.29, 0.717) is 16.9 Å². The number of rotatable bonds is 1. The minimum absolute atomic E-state index is 0.309. The standard InChI is InChI=1S/C11H10O3S/c1-6-7(2)11(12)13-10-5-8(14-15)3-4-9(6)10/h3-5,15H,1-2H3. The average Bonchev–Trinajstić information content (AvgIpc) is 2.25. The van der Waals surface area contributed by atoms with Crippen LogP contribution >= 0.6 is 12.9 Å². The number of thiol groups is 1. The molecular formula is C11H10O3S. The molecule has 78 valence electrons. The summed E-state index contributed by atoms with van der Waals surface area (Å²) in [6.45, 7) is 3.65. The van der Waals surface area contributed by atoms with E-state index in [1.54, 1.807) is 19.1 Å². The average molecular weight is 222 g/mol. The zero-order valence-corrected chi connectivity index (χ0v) is 9.30. The summed E-state index contributed by atoms with van der Waals surface area (Å²) in [5.41, 5.74) is 1.79. The second-order valence-electron chi connectivity index (χ2n) is 3.39. The number of aryl methyl sites for hydroxylation is 1. The Morgan fingerprint density at radius 2 is 2.00 bits per heavy atom. The van der Waals surface area contributed by atoms with Crippen molar-refractivity contribution in [2.45, 2.75) is 13.8 Å². The van der Waals surface area contributed by atoms with Gasteiger partial charge < -0.3 is 8.60 Å². The number of benzene rings is 1. The van der Waals surface area contributed by atoms with Crippen LogP contribution in [0, 0.1) is 13.8 Å². The van der Waals surface area contributed by atoms with E-state index in [4.69, 9.17) is 8.60 Å². The highest BCUT2D eigenvalue weighted by atomic mass is 32.1. The molecule has 0 atom stereocenters. The summed E-state index contributed by atoms with van der Waals surface area (Å²) < 4.78 is 9.91. The smallest absolute Gasteiger partial charge is 0.339 e. The van der Waals surface area contributed by atoms with Gasteiger partial charge >= 0.3 is 5.63 Å². The van der Waals surface area contributed by atoms with Gasteiger partial charge in [-0.05, 0) is 31.5 Å². The summed E-state index contributed by atoms with van der Waals surface area (Å²) in [6, 6.07) is 5.28. The van der Waals surface area contributed by atoms with Gasteiger partial charge in [0.1, 0.15) is 11.3 Å². The van der Waals surface area contributed by atoms with Crippen molar-refractivity contribution in [2.24, 2.45) is 0 Å². The second-order valence-corrected chi connectivity index (χ2v) is 3.57. The Morgan fingerprint density at radius 3 is 2.67 bits per heavy atom. The molecule has 0 fully saturated rings. The Bertz CT molecular complexity index is 572. The highest BCUT2D eigenvalue weighted by molar-refractivity contribution is 7.75. The zero-order chi connectivity index (χ0) is 11.0. The highest BCUT2D eigenvalue weighted by Crippen LogP contribution is 2.24. The Hall–Kier alpha value is -1.42. The molecule has 0 radical (unpaired) electrons.